The summed E-state index contributed by atoms with van der Waals surface area (Å²) in [6.45, 7) is 3.76. The van der Waals surface area contributed by atoms with Crippen molar-refractivity contribution < 1.29 is 14.3 Å². The molecular formula is C20H19ClN2O3S. The second-order valence-corrected chi connectivity index (χ2v) is 7.51. The molecular weight excluding hydrogens is 384 g/mol. The largest absolute Gasteiger partial charge is 0.497 e. The predicted molar refractivity (Wildman–Crippen MR) is 109 cm³/mol. The van der Waals surface area contributed by atoms with Gasteiger partial charge in [0.05, 0.1) is 12.8 Å². The lowest BCUT2D eigenvalue weighted by molar-refractivity contribution is -0.118. The molecule has 0 bridgehead atoms. The summed E-state index contributed by atoms with van der Waals surface area (Å²) in [5, 5.41) is 3.99. The number of nitrogens with one attached hydrogen (secondary N) is 1. The molecule has 3 rings (SSSR count). The van der Waals surface area contributed by atoms with Gasteiger partial charge in [-0.05, 0) is 61.9 Å². The molecule has 0 aliphatic carbocycles. The van der Waals surface area contributed by atoms with Crippen LogP contribution in [0.5, 0.6) is 11.5 Å². The Morgan fingerprint density at radius 1 is 1.15 bits per heavy atom. The number of anilines is 1. The van der Waals surface area contributed by atoms with Crippen LogP contribution in [-0.2, 0) is 4.79 Å². The normalized spacial score (nSPS) is 10.5. The molecule has 1 heterocycles. The SMILES string of the molecule is COc1ccc(-c2nc(NC(=O)COc3ccc(Cl)c(C)c3)sc2C)cc1. The molecule has 5 nitrogen and oxygen atoms in total. The number of hydrogen-bond donors (Lipinski definition) is 1. The molecule has 0 saturated carbocycles. The molecule has 2 aromatic carbocycles. The fourth-order valence-electron chi connectivity index (χ4n) is 2.48. The first-order chi connectivity index (χ1) is 13.0. The Hall–Kier alpha value is -2.57. The number of carbonyl (C=O) groups excluding carboxylic acids is 1. The zero-order valence-electron chi connectivity index (χ0n) is 15.2. The van der Waals surface area contributed by atoms with Gasteiger partial charge in [-0.1, -0.05) is 11.6 Å². The third kappa shape index (κ3) is 4.78. The fourth-order valence-corrected chi connectivity index (χ4v) is 3.45. The highest BCUT2D eigenvalue weighted by Gasteiger charge is 2.13. The van der Waals surface area contributed by atoms with Crippen molar-refractivity contribution in [2.24, 2.45) is 0 Å². The highest BCUT2D eigenvalue weighted by atomic mass is 35.5. The maximum absolute atomic E-state index is 12.2. The van der Waals surface area contributed by atoms with E-state index in [4.69, 9.17) is 21.1 Å². The summed E-state index contributed by atoms with van der Waals surface area (Å²) in [5.41, 5.74) is 2.71. The van der Waals surface area contributed by atoms with Crippen molar-refractivity contribution in [3.63, 3.8) is 0 Å². The van der Waals surface area contributed by atoms with Crippen LogP contribution in [0, 0.1) is 13.8 Å². The van der Waals surface area contributed by atoms with Crippen molar-refractivity contribution in [2.75, 3.05) is 19.0 Å². The minimum absolute atomic E-state index is 0.0996. The summed E-state index contributed by atoms with van der Waals surface area (Å²) < 4.78 is 10.7. The molecule has 0 aliphatic rings. The van der Waals surface area contributed by atoms with Crippen LogP contribution in [-0.4, -0.2) is 24.6 Å². The molecule has 1 aromatic heterocycles. The van der Waals surface area contributed by atoms with Crippen molar-refractivity contribution in [3.05, 3.63) is 57.9 Å². The summed E-state index contributed by atoms with van der Waals surface area (Å²) in [5.74, 6) is 1.12. The average molecular weight is 403 g/mol. The average Bonchev–Trinajstić information content (AvgIpc) is 3.02. The maximum atomic E-state index is 12.2. The number of nitrogens with zero attached hydrogens (tertiary/aromatic N) is 1. The summed E-state index contributed by atoms with van der Waals surface area (Å²) in [6, 6.07) is 12.9. The maximum Gasteiger partial charge on any atom is 0.264 e. The van der Waals surface area contributed by atoms with E-state index in [2.05, 4.69) is 10.3 Å². The van der Waals surface area contributed by atoms with Gasteiger partial charge in [0.25, 0.3) is 5.91 Å². The van der Waals surface area contributed by atoms with E-state index < -0.39 is 0 Å². The monoisotopic (exact) mass is 402 g/mol. The van der Waals surface area contributed by atoms with Crippen molar-refractivity contribution >= 4 is 34.0 Å². The van der Waals surface area contributed by atoms with Gasteiger partial charge in [0.15, 0.2) is 11.7 Å². The zero-order chi connectivity index (χ0) is 19.4. The van der Waals surface area contributed by atoms with Crippen molar-refractivity contribution in [1.82, 2.24) is 4.98 Å². The molecule has 3 aromatic rings. The van der Waals surface area contributed by atoms with Gasteiger partial charge < -0.3 is 9.47 Å². The number of rotatable bonds is 6. The minimum Gasteiger partial charge on any atom is -0.497 e. The molecule has 1 amide bonds. The number of carbonyl (C=O) groups is 1. The van der Waals surface area contributed by atoms with E-state index in [-0.39, 0.29) is 12.5 Å². The number of methoxy groups -OCH3 is 1. The summed E-state index contributed by atoms with van der Waals surface area (Å²) in [4.78, 5) is 17.7. The lowest BCUT2D eigenvalue weighted by atomic mass is 10.1. The van der Waals surface area contributed by atoms with Gasteiger partial charge in [-0.2, -0.15) is 0 Å². The number of benzene rings is 2. The number of ether oxygens (including phenoxy) is 2. The number of hydrogen-bond acceptors (Lipinski definition) is 5. The Bertz CT molecular complexity index is 954. The molecule has 0 spiro atoms. The van der Waals surface area contributed by atoms with Crippen LogP contribution in [0.3, 0.4) is 0 Å². The third-order valence-corrected chi connectivity index (χ3v) is 5.22. The van der Waals surface area contributed by atoms with Gasteiger partial charge in [-0.3, -0.25) is 10.1 Å². The number of aryl methyl sites for hydroxylation is 2. The standard InChI is InChI=1S/C20H19ClN2O3S/c1-12-10-16(8-9-17(12)21)26-11-18(24)22-20-23-19(13(2)27-20)14-4-6-15(25-3)7-5-14/h4-10H,11H2,1-3H3,(H,22,23,24). The van der Waals surface area contributed by atoms with E-state index in [9.17, 15) is 4.79 Å². The molecule has 0 atom stereocenters. The lowest BCUT2D eigenvalue weighted by Crippen LogP contribution is -2.20. The van der Waals surface area contributed by atoms with E-state index in [0.717, 1.165) is 27.4 Å². The van der Waals surface area contributed by atoms with E-state index in [0.29, 0.717) is 15.9 Å². The van der Waals surface area contributed by atoms with Crippen LogP contribution in [0.2, 0.25) is 5.02 Å². The third-order valence-electron chi connectivity index (χ3n) is 3.91. The molecule has 27 heavy (non-hydrogen) atoms. The molecule has 0 fully saturated rings. The minimum atomic E-state index is -0.266. The quantitative estimate of drug-likeness (QED) is 0.622. The molecule has 0 saturated heterocycles. The summed E-state index contributed by atoms with van der Waals surface area (Å²) in [7, 11) is 1.63. The Kier molecular flexibility index (Phi) is 5.98. The van der Waals surface area contributed by atoms with Gasteiger partial charge in [0.1, 0.15) is 11.5 Å². The van der Waals surface area contributed by atoms with Crippen LogP contribution in [0.25, 0.3) is 11.3 Å². The topological polar surface area (TPSA) is 60.5 Å². The molecule has 0 radical (unpaired) electrons. The number of aromatic nitrogens is 1. The van der Waals surface area contributed by atoms with Crippen molar-refractivity contribution in [3.8, 4) is 22.8 Å². The lowest BCUT2D eigenvalue weighted by Gasteiger charge is -2.07. The van der Waals surface area contributed by atoms with E-state index in [1.54, 1.807) is 25.3 Å². The first-order valence-corrected chi connectivity index (χ1v) is 9.46. The highest BCUT2D eigenvalue weighted by molar-refractivity contribution is 7.16. The van der Waals surface area contributed by atoms with Gasteiger partial charge in [0.2, 0.25) is 0 Å². The summed E-state index contributed by atoms with van der Waals surface area (Å²) in [6.07, 6.45) is 0. The van der Waals surface area contributed by atoms with Crippen LogP contribution in [0.1, 0.15) is 10.4 Å². The van der Waals surface area contributed by atoms with Gasteiger partial charge in [-0.15, -0.1) is 11.3 Å². The zero-order valence-corrected chi connectivity index (χ0v) is 16.8. The number of halogens is 1. The van der Waals surface area contributed by atoms with Gasteiger partial charge >= 0.3 is 0 Å². The van der Waals surface area contributed by atoms with E-state index >= 15 is 0 Å². The second-order valence-electron chi connectivity index (χ2n) is 5.90. The van der Waals surface area contributed by atoms with Crippen LogP contribution >= 0.6 is 22.9 Å². The predicted octanol–water partition coefficient (Wildman–Crippen LogP) is 5.11. The molecule has 0 aliphatic heterocycles. The van der Waals surface area contributed by atoms with Gasteiger partial charge in [0, 0.05) is 15.5 Å². The van der Waals surface area contributed by atoms with Crippen LogP contribution in [0.15, 0.2) is 42.5 Å². The molecule has 1 N–H and O–H groups in total. The molecule has 140 valence electrons. The smallest absolute Gasteiger partial charge is 0.264 e. The fraction of sp³-hybridized carbons (Fsp3) is 0.200. The number of thiazole rings is 1. The Labute approximate surface area is 166 Å². The van der Waals surface area contributed by atoms with Crippen LogP contribution in [0.4, 0.5) is 5.13 Å². The Balaban J connectivity index is 1.63. The molecule has 0 unspecified atom stereocenters. The van der Waals surface area contributed by atoms with Crippen LogP contribution < -0.4 is 14.8 Å². The van der Waals surface area contributed by atoms with E-state index in [1.165, 1.54) is 11.3 Å². The summed E-state index contributed by atoms with van der Waals surface area (Å²) >= 11 is 7.41. The van der Waals surface area contributed by atoms with E-state index in [1.807, 2.05) is 38.1 Å². The van der Waals surface area contributed by atoms with Crippen molar-refractivity contribution in [1.29, 1.82) is 0 Å². The Morgan fingerprint density at radius 2 is 1.85 bits per heavy atom. The number of amides is 1. The van der Waals surface area contributed by atoms with Gasteiger partial charge in [-0.25, -0.2) is 4.98 Å². The second kappa shape index (κ2) is 8.41. The van der Waals surface area contributed by atoms with Crippen molar-refractivity contribution in [2.45, 2.75) is 13.8 Å². The first kappa shape index (κ1) is 19.2. The highest BCUT2D eigenvalue weighted by Crippen LogP contribution is 2.31. The Morgan fingerprint density at radius 3 is 2.52 bits per heavy atom. The first-order valence-electron chi connectivity index (χ1n) is 8.27. The molecule has 7 heteroatoms.